The molecule has 0 spiro atoms. The zero-order valence-electron chi connectivity index (χ0n) is 15.3. The molecule has 0 amide bonds. The van der Waals surface area contributed by atoms with Gasteiger partial charge in [-0.1, -0.05) is 72.3 Å². The summed E-state index contributed by atoms with van der Waals surface area (Å²) in [6.07, 6.45) is 0.953. The normalized spacial score (nSPS) is 10.4. The van der Waals surface area contributed by atoms with E-state index in [0.717, 1.165) is 24.2 Å². The van der Waals surface area contributed by atoms with Gasteiger partial charge in [-0.05, 0) is 55.2 Å². The van der Waals surface area contributed by atoms with E-state index in [9.17, 15) is 0 Å². The molecule has 0 bridgehead atoms. The summed E-state index contributed by atoms with van der Waals surface area (Å²) in [6.45, 7) is 5.09. The lowest BCUT2D eigenvalue weighted by Crippen LogP contribution is -2.30. The number of hydrogen-bond donors (Lipinski definition) is 2. The van der Waals surface area contributed by atoms with E-state index in [4.69, 9.17) is 12.2 Å². The van der Waals surface area contributed by atoms with Gasteiger partial charge in [0.25, 0.3) is 0 Å². The maximum Gasteiger partial charge on any atom is 0.170 e. The fraction of sp³-hybridized carbons (Fsp3) is 0.174. The summed E-state index contributed by atoms with van der Waals surface area (Å²) in [5, 5.41) is 7.31. The smallest absolute Gasteiger partial charge is 0.170 e. The number of benzene rings is 3. The van der Waals surface area contributed by atoms with Gasteiger partial charge in [0, 0.05) is 17.8 Å². The lowest BCUT2D eigenvalue weighted by atomic mass is 10.0. The molecule has 0 heterocycles. The first-order valence-electron chi connectivity index (χ1n) is 8.89. The number of para-hydroxylation sites is 1. The van der Waals surface area contributed by atoms with Crippen molar-refractivity contribution in [3.05, 3.63) is 89.5 Å². The molecule has 132 valence electrons. The number of nitrogens with one attached hydrogen (secondary N) is 2. The second-order valence-corrected chi connectivity index (χ2v) is 6.88. The van der Waals surface area contributed by atoms with Gasteiger partial charge in [-0.2, -0.15) is 0 Å². The first-order valence-corrected chi connectivity index (χ1v) is 9.30. The van der Waals surface area contributed by atoms with Gasteiger partial charge in [0.2, 0.25) is 0 Å². The molecule has 0 aliphatic heterocycles. The van der Waals surface area contributed by atoms with Gasteiger partial charge in [0.1, 0.15) is 0 Å². The number of rotatable bonds is 5. The van der Waals surface area contributed by atoms with Gasteiger partial charge in [-0.25, -0.2) is 0 Å². The van der Waals surface area contributed by atoms with Gasteiger partial charge in [0.05, 0.1) is 0 Å². The van der Waals surface area contributed by atoms with Crippen LogP contribution in [0.5, 0.6) is 0 Å². The lowest BCUT2D eigenvalue weighted by molar-refractivity contribution is 0.867. The molecule has 0 aliphatic carbocycles. The quantitative estimate of drug-likeness (QED) is 0.588. The number of hydrogen-bond acceptors (Lipinski definition) is 1. The highest BCUT2D eigenvalue weighted by molar-refractivity contribution is 7.80. The Hall–Kier alpha value is -2.65. The Kier molecular flexibility index (Phi) is 6.03. The summed E-state index contributed by atoms with van der Waals surface area (Å²) in [7, 11) is 0. The largest absolute Gasteiger partial charge is 0.362 e. The minimum Gasteiger partial charge on any atom is -0.362 e. The molecular formula is C23H24N2S. The van der Waals surface area contributed by atoms with Gasteiger partial charge in [-0.3, -0.25) is 0 Å². The van der Waals surface area contributed by atoms with E-state index in [0.29, 0.717) is 5.11 Å². The van der Waals surface area contributed by atoms with Crippen LogP contribution in [0, 0.1) is 13.8 Å². The van der Waals surface area contributed by atoms with Gasteiger partial charge in [-0.15, -0.1) is 0 Å². The first-order chi connectivity index (χ1) is 12.6. The van der Waals surface area contributed by atoms with Crippen LogP contribution in [0.1, 0.15) is 16.7 Å². The average molecular weight is 361 g/mol. The van der Waals surface area contributed by atoms with Crippen LogP contribution in [0.3, 0.4) is 0 Å². The Morgan fingerprint density at radius 3 is 2.38 bits per heavy atom. The maximum absolute atomic E-state index is 5.49. The predicted octanol–water partition coefficient (Wildman–Crippen LogP) is 5.50. The van der Waals surface area contributed by atoms with Gasteiger partial charge in [0.15, 0.2) is 5.11 Å². The molecule has 2 nitrogen and oxygen atoms in total. The SMILES string of the molecule is Cc1ccc(CCNC(=S)Nc2ccccc2-c2ccccc2)c(C)c1. The van der Waals surface area contributed by atoms with E-state index in [2.05, 4.69) is 66.9 Å². The van der Waals surface area contributed by atoms with Gasteiger partial charge >= 0.3 is 0 Å². The summed E-state index contributed by atoms with van der Waals surface area (Å²) in [5.41, 5.74) is 7.33. The average Bonchev–Trinajstić information content (AvgIpc) is 2.65. The minimum atomic E-state index is 0.651. The summed E-state index contributed by atoms with van der Waals surface area (Å²) in [5.74, 6) is 0. The zero-order valence-corrected chi connectivity index (χ0v) is 16.1. The van der Waals surface area contributed by atoms with Crippen molar-refractivity contribution in [2.45, 2.75) is 20.3 Å². The van der Waals surface area contributed by atoms with Crippen LogP contribution in [0.25, 0.3) is 11.1 Å². The molecule has 26 heavy (non-hydrogen) atoms. The Bertz CT molecular complexity index is 888. The van der Waals surface area contributed by atoms with E-state index in [1.54, 1.807) is 0 Å². The van der Waals surface area contributed by atoms with Crippen LogP contribution < -0.4 is 10.6 Å². The van der Waals surface area contributed by atoms with Crippen molar-refractivity contribution in [3.63, 3.8) is 0 Å². The fourth-order valence-corrected chi connectivity index (χ4v) is 3.28. The third-order valence-corrected chi connectivity index (χ3v) is 4.68. The number of thiocarbonyl (C=S) groups is 1. The van der Waals surface area contributed by atoms with Crippen molar-refractivity contribution < 1.29 is 0 Å². The van der Waals surface area contributed by atoms with Crippen molar-refractivity contribution in [1.29, 1.82) is 0 Å². The molecule has 3 rings (SSSR count). The van der Waals surface area contributed by atoms with Crippen LogP contribution in [0.2, 0.25) is 0 Å². The molecule has 2 N–H and O–H groups in total. The highest BCUT2D eigenvalue weighted by atomic mass is 32.1. The molecule has 0 aromatic heterocycles. The Labute approximate surface area is 161 Å². The van der Waals surface area contributed by atoms with Crippen LogP contribution >= 0.6 is 12.2 Å². The van der Waals surface area contributed by atoms with E-state index in [1.807, 2.05) is 30.3 Å². The Morgan fingerprint density at radius 1 is 0.885 bits per heavy atom. The van der Waals surface area contributed by atoms with Crippen molar-refractivity contribution in [2.75, 3.05) is 11.9 Å². The molecule has 0 aliphatic rings. The van der Waals surface area contributed by atoms with E-state index in [1.165, 1.54) is 22.3 Å². The summed E-state index contributed by atoms with van der Waals surface area (Å²) in [4.78, 5) is 0. The highest BCUT2D eigenvalue weighted by Gasteiger charge is 2.06. The molecule has 0 saturated heterocycles. The molecule has 3 aromatic rings. The molecule has 3 heteroatoms. The third kappa shape index (κ3) is 4.70. The third-order valence-electron chi connectivity index (χ3n) is 4.44. The van der Waals surface area contributed by atoms with Crippen molar-refractivity contribution in [2.24, 2.45) is 0 Å². The fourth-order valence-electron chi connectivity index (χ4n) is 3.07. The molecular weight excluding hydrogens is 336 g/mol. The topological polar surface area (TPSA) is 24.1 Å². The summed E-state index contributed by atoms with van der Waals surface area (Å²) >= 11 is 5.49. The van der Waals surface area contributed by atoms with Crippen LogP contribution in [-0.4, -0.2) is 11.7 Å². The molecule has 0 unspecified atom stereocenters. The van der Waals surface area contributed by atoms with E-state index < -0.39 is 0 Å². The first kappa shape index (κ1) is 18.2. The highest BCUT2D eigenvalue weighted by Crippen LogP contribution is 2.27. The van der Waals surface area contributed by atoms with Crippen molar-refractivity contribution >= 4 is 23.0 Å². The maximum atomic E-state index is 5.49. The van der Waals surface area contributed by atoms with Crippen LogP contribution in [0.15, 0.2) is 72.8 Å². The second-order valence-electron chi connectivity index (χ2n) is 6.47. The second kappa shape index (κ2) is 8.63. The van der Waals surface area contributed by atoms with E-state index >= 15 is 0 Å². The van der Waals surface area contributed by atoms with Gasteiger partial charge < -0.3 is 10.6 Å². The van der Waals surface area contributed by atoms with Crippen LogP contribution in [0.4, 0.5) is 5.69 Å². The standard InChI is InChI=1S/C23H24N2S/c1-17-12-13-19(18(2)16-17)14-15-24-23(26)25-22-11-7-6-10-21(22)20-8-4-3-5-9-20/h3-13,16H,14-15H2,1-2H3,(H2,24,25,26). The lowest BCUT2D eigenvalue weighted by Gasteiger charge is -2.15. The molecule has 0 fully saturated rings. The molecule has 0 saturated carbocycles. The van der Waals surface area contributed by atoms with Crippen LogP contribution in [-0.2, 0) is 6.42 Å². The van der Waals surface area contributed by atoms with Crippen molar-refractivity contribution in [3.8, 4) is 11.1 Å². The monoisotopic (exact) mass is 360 g/mol. The summed E-state index contributed by atoms with van der Waals surface area (Å²) in [6, 6.07) is 25.2. The predicted molar refractivity (Wildman–Crippen MR) is 116 cm³/mol. The summed E-state index contributed by atoms with van der Waals surface area (Å²) < 4.78 is 0. The Balaban J connectivity index is 1.60. The number of aryl methyl sites for hydroxylation is 2. The molecule has 0 radical (unpaired) electrons. The molecule has 3 aromatic carbocycles. The molecule has 0 atom stereocenters. The van der Waals surface area contributed by atoms with Crippen molar-refractivity contribution in [1.82, 2.24) is 5.32 Å². The number of anilines is 1. The Morgan fingerprint density at radius 2 is 1.62 bits per heavy atom. The zero-order chi connectivity index (χ0) is 18.4. The minimum absolute atomic E-state index is 0.651. The van der Waals surface area contributed by atoms with E-state index in [-0.39, 0.29) is 0 Å².